The Kier molecular flexibility index (Phi) is 3.38. The van der Waals surface area contributed by atoms with Gasteiger partial charge in [0.2, 0.25) is 4.96 Å². The molecule has 0 aromatic carbocycles. The molecule has 0 saturated carbocycles. The molecule has 0 spiro atoms. The molecular formula is C7H5F6N5S. The molecule has 0 saturated heterocycles. The van der Waals surface area contributed by atoms with Crippen LogP contribution in [0.25, 0.3) is 4.96 Å². The predicted molar refractivity (Wildman–Crippen MR) is 51.4 cm³/mol. The summed E-state index contributed by atoms with van der Waals surface area (Å²) in [4.78, 5) is -0.129. The summed E-state index contributed by atoms with van der Waals surface area (Å²) in [6.45, 7) is -1.55. The fourth-order valence-electron chi connectivity index (χ4n) is 1.22. The number of alkyl halides is 6. The number of hydrogen-bond acceptors (Lipinski definition) is 5. The van der Waals surface area contributed by atoms with Gasteiger partial charge in [0.25, 0.3) is 5.82 Å². The number of halogens is 6. The lowest BCUT2D eigenvalue weighted by Crippen LogP contribution is -2.28. The fraction of sp³-hybridized carbons (Fsp3) is 0.571. The summed E-state index contributed by atoms with van der Waals surface area (Å²) in [7, 11) is 0. The number of rotatable bonds is 3. The van der Waals surface area contributed by atoms with Crippen molar-refractivity contribution in [1.82, 2.24) is 25.1 Å². The molecule has 0 aliphatic carbocycles. The molecule has 2 heterocycles. The van der Waals surface area contributed by atoms with Crippen molar-refractivity contribution in [2.45, 2.75) is 18.9 Å². The van der Waals surface area contributed by atoms with Crippen molar-refractivity contribution in [1.29, 1.82) is 0 Å². The van der Waals surface area contributed by atoms with E-state index in [0.29, 0.717) is 4.52 Å². The summed E-state index contributed by atoms with van der Waals surface area (Å²) < 4.78 is 73.4. The normalized spacial score (nSPS) is 13.4. The van der Waals surface area contributed by atoms with E-state index in [4.69, 9.17) is 0 Å². The van der Waals surface area contributed by atoms with Crippen LogP contribution in [-0.2, 0) is 12.7 Å². The van der Waals surface area contributed by atoms with Crippen LogP contribution in [0.3, 0.4) is 0 Å². The molecule has 0 radical (unpaired) electrons. The summed E-state index contributed by atoms with van der Waals surface area (Å²) in [5.41, 5.74) is 0. The highest BCUT2D eigenvalue weighted by Crippen LogP contribution is 2.28. The molecule has 5 nitrogen and oxygen atoms in total. The average Bonchev–Trinajstić information content (AvgIpc) is 2.71. The van der Waals surface area contributed by atoms with Gasteiger partial charge in [-0.05, 0) is 0 Å². The van der Waals surface area contributed by atoms with Crippen LogP contribution in [-0.4, -0.2) is 32.5 Å². The van der Waals surface area contributed by atoms with Gasteiger partial charge in [-0.25, -0.2) is 0 Å². The van der Waals surface area contributed by atoms with Gasteiger partial charge in [-0.1, -0.05) is 11.3 Å². The molecule has 106 valence electrons. The molecule has 1 N–H and O–H groups in total. The SMILES string of the molecule is FC(F)(F)CNCc1nn2c(C(F)(F)F)nnc2s1. The minimum absolute atomic E-state index is 0.0552. The molecule has 0 fully saturated rings. The maximum absolute atomic E-state index is 12.4. The third-order valence-corrected chi connectivity index (χ3v) is 2.79. The van der Waals surface area contributed by atoms with E-state index in [0.717, 1.165) is 11.3 Å². The zero-order chi connectivity index (χ0) is 14.3. The molecule has 2 aromatic heterocycles. The van der Waals surface area contributed by atoms with E-state index >= 15 is 0 Å². The first-order valence-corrected chi connectivity index (χ1v) is 5.54. The fourth-order valence-corrected chi connectivity index (χ4v) is 2.02. The average molecular weight is 305 g/mol. The highest BCUT2D eigenvalue weighted by Gasteiger charge is 2.38. The third-order valence-electron chi connectivity index (χ3n) is 1.89. The lowest BCUT2D eigenvalue weighted by molar-refractivity contribution is -0.146. The predicted octanol–water partition coefficient (Wildman–Crippen LogP) is 1.86. The van der Waals surface area contributed by atoms with Gasteiger partial charge in [-0.3, -0.25) is 0 Å². The van der Waals surface area contributed by atoms with Crippen molar-refractivity contribution >= 4 is 16.3 Å². The van der Waals surface area contributed by atoms with Gasteiger partial charge in [-0.2, -0.15) is 36.0 Å². The Hall–Kier alpha value is -1.43. The van der Waals surface area contributed by atoms with Crippen LogP contribution in [0.4, 0.5) is 26.3 Å². The molecule has 12 heteroatoms. The Morgan fingerprint density at radius 3 is 2.37 bits per heavy atom. The Morgan fingerprint density at radius 2 is 1.79 bits per heavy atom. The Balaban J connectivity index is 2.12. The minimum atomic E-state index is -4.72. The first-order valence-electron chi connectivity index (χ1n) is 4.72. The minimum Gasteiger partial charge on any atom is -0.302 e. The number of nitrogens with one attached hydrogen (secondary N) is 1. The van der Waals surface area contributed by atoms with Crippen LogP contribution in [0.1, 0.15) is 10.8 Å². The van der Waals surface area contributed by atoms with Crippen LogP contribution >= 0.6 is 11.3 Å². The second kappa shape index (κ2) is 4.59. The second-order valence-electron chi connectivity index (χ2n) is 3.43. The van der Waals surface area contributed by atoms with Crippen molar-refractivity contribution in [2.75, 3.05) is 6.54 Å². The van der Waals surface area contributed by atoms with E-state index in [1.807, 2.05) is 5.32 Å². The van der Waals surface area contributed by atoms with Gasteiger partial charge in [0.15, 0.2) is 0 Å². The van der Waals surface area contributed by atoms with Crippen LogP contribution in [0.15, 0.2) is 0 Å². The van der Waals surface area contributed by atoms with Gasteiger partial charge in [-0.15, -0.1) is 10.2 Å². The van der Waals surface area contributed by atoms with Crippen molar-refractivity contribution in [3.05, 3.63) is 10.8 Å². The second-order valence-corrected chi connectivity index (χ2v) is 4.47. The Bertz CT molecular complexity index is 569. The van der Waals surface area contributed by atoms with E-state index < -0.39 is 24.7 Å². The van der Waals surface area contributed by atoms with Gasteiger partial charge >= 0.3 is 12.4 Å². The van der Waals surface area contributed by atoms with Crippen LogP contribution in [0, 0.1) is 0 Å². The standard InChI is InChI=1S/C7H5F6N5S/c8-6(9,10)2-14-1-3-17-18-4(7(11,12)13)15-16-5(18)19-3/h14H,1-2H2. The summed E-state index contributed by atoms with van der Waals surface area (Å²) in [6.07, 6.45) is -9.11. The van der Waals surface area contributed by atoms with Crippen molar-refractivity contribution in [2.24, 2.45) is 0 Å². The summed E-state index contributed by atoms with van der Waals surface area (Å²) in [5.74, 6) is -1.30. The van der Waals surface area contributed by atoms with Crippen LogP contribution in [0.2, 0.25) is 0 Å². The molecule has 19 heavy (non-hydrogen) atoms. The molecule has 0 aliphatic rings. The topological polar surface area (TPSA) is 55.1 Å². The molecule has 0 atom stereocenters. The number of nitrogens with zero attached hydrogens (tertiary/aromatic N) is 4. The van der Waals surface area contributed by atoms with Crippen molar-refractivity contribution < 1.29 is 26.3 Å². The van der Waals surface area contributed by atoms with Gasteiger partial charge < -0.3 is 5.32 Å². The zero-order valence-electron chi connectivity index (χ0n) is 8.88. The van der Waals surface area contributed by atoms with Gasteiger partial charge in [0.05, 0.1) is 13.1 Å². The quantitative estimate of drug-likeness (QED) is 0.880. The van der Waals surface area contributed by atoms with Crippen molar-refractivity contribution in [3.63, 3.8) is 0 Å². The molecule has 0 bridgehead atoms. The first-order chi connectivity index (χ1) is 8.67. The van der Waals surface area contributed by atoms with E-state index in [-0.39, 0.29) is 16.5 Å². The highest BCUT2D eigenvalue weighted by atomic mass is 32.1. The lowest BCUT2D eigenvalue weighted by Gasteiger charge is -2.05. The number of hydrogen-bond donors (Lipinski definition) is 1. The van der Waals surface area contributed by atoms with Gasteiger partial charge in [0, 0.05) is 0 Å². The van der Waals surface area contributed by atoms with E-state index in [1.54, 1.807) is 0 Å². The van der Waals surface area contributed by atoms with Crippen molar-refractivity contribution in [3.8, 4) is 0 Å². The Labute approximate surface area is 105 Å². The highest BCUT2D eigenvalue weighted by molar-refractivity contribution is 7.16. The maximum atomic E-state index is 12.4. The van der Waals surface area contributed by atoms with Gasteiger partial charge in [0.1, 0.15) is 5.01 Å². The summed E-state index contributed by atoms with van der Waals surface area (Å²) in [5, 5.41) is 11.8. The van der Waals surface area contributed by atoms with Crippen LogP contribution < -0.4 is 5.32 Å². The van der Waals surface area contributed by atoms with Crippen LogP contribution in [0.5, 0.6) is 0 Å². The third kappa shape index (κ3) is 3.32. The molecule has 0 unspecified atom stereocenters. The molecule has 0 aliphatic heterocycles. The molecule has 2 aromatic rings. The first kappa shape index (κ1) is 14.0. The zero-order valence-corrected chi connectivity index (χ0v) is 9.70. The Morgan fingerprint density at radius 1 is 1.11 bits per heavy atom. The van der Waals surface area contributed by atoms with E-state index in [9.17, 15) is 26.3 Å². The summed E-state index contributed by atoms with van der Waals surface area (Å²) in [6, 6.07) is 0. The number of fused-ring (bicyclic) bond motifs is 1. The lowest BCUT2D eigenvalue weighted by atomic mass is 10.6. The summed E-state index contributed by atoms with van der Waals surface area (Å²) >= 11 is 0.733. The molecular weight excluding hydrogens is 300 g/mol. The van der Waals surface area contributed by atoms with E-state index in [2.05, 4.69) is 15.3 Å². The molecule has 2 rings (SSSR count). The monoisotopic (exact) mass is 305 g/mol. The largest absolute Gasteiger partial charge is 0.453 e. The smallest absolute Gasteiger partial charge is 0.302 e. The maximum Gasteiger partial charge on any atom is 0.453 e. The number of aromatic nitrogens is 4. The van der Waals surface area contributed by atoms with E-state index in [1.165, 1.54) is 0 Å². The molecule has 0 amide bonds.